The van der Waals surface area contributed by atoms with Gasteiger partial charge in [-0.1, -0.05) is 17.7 Å². The molecule has 3 aromatic rings. The first-order valence-electron chi connectivity index (χ1n) is 10.2. The number of carbonyl (C=O) groups excluding carboxylic acids is 1. The lowest BCUT2D eigenvalue weighted by Gasteiger charge is -2.13. The fourth-order valence-corrected chi connectivity index (χ4v) is 3.59. The highest BCUT2D eigenvalue weighted by atomic mass is 35.5. The standard InChI is InChI=1S/C23H27ClN4O3/c1-15-6-8-28(9-7-20-14-31-16(2)27-20)23(30)21(15)11-22(29)26-13-18-10-19(24)5-4-17(18)12-25-3/h4-6,8,10,14,25H,7,9,11-13H2,1-3H3,(H,26,29). The van der Waals surface area contributed by atoms with Gasteiger partial charge in [-0.3, -0.25) is 9.59 Å². The zero-order valence-electron chi connectivity index (χ0n) is 18.0. The molecule has 0 spiro atoms. The van der Waals surface area contributed by atoms with Crippen molar-refractivity contribution in [1.82, 2.24) is 20.2 Å². The molecule has 2 aromatic heterocycles. The molecular weight excluding hydrogens is 416 g/mol. The zero-order valence-corrected chi connectivity index (χ0v) is 18.8. The van der Waals surface area contributed by atoms with Crippen LogP contribution in [0.1, 0.15) is 33.8 Å². The minimum Gasteiger partial charge on any atom is -0.449 e. The molecule has 0 atom stereocenters. The minimum absolute atomic E-state index is 0.0243. The van der Waals surface area contributed by atoms with Crippen LogP contribution in [0, 0.1) is 13.8 Å². The Bertz CT molecular complexity index is 1120. The van der Waals surface area contributed by atoms with E-state index in [0.29, 0.717) is 42.5 Å². The Labute approximate surface area is 186 Å². The van der Waals surface area contributed by atoms with Crippen molar-refractivity contribution in [3.05, 3.63) is 85.9 Å². The first kappa shape index (κ1) is 22.8. The first-order valence-corrected chi connectivity index (χ1v) is 10.5. The molecule has 1 amide bonds. The molecule has 2 N–H and O–H groups in total. The molecule has 31 heavy (non-hydrogen) atoms. The van der Waals surface area contributed by atoms with E-state index in [-0.39, 0.29) is 17.9 Å². The lowest BCUT2D eigenvalue weighted by atomic mass is 10.1. The third-order valence-corrected chi connectivity index (χ3v) is 5.36. The van der Waals surface area contributed by atoms with Gasteiger partial charge in [0.05, 0.1) is 12.1 Å². The number of hydrogen-bond acceptors (Lipinski definition) is 5. The van der Waals surface area contributed by atoms with E-state index in [1.807, 2.05) is 38.2 Å². The van der Waals surface area contributed by atoms with Crippen molar-refractivity contribution in [3.8, 4) is 0 Å². The molecule has 0 aliphatic heterocycles. The molecule has 0 aliphatic rings. The Kier molecular flexibility index (Phi) is 7.65. The van der Waals surface area contributed by atoms with Gasteiger partial charge < -0.3 is 19.6 Å². The fourth-order valence-electron chi connectivity index (χ4n) is 3.40. The van der Waals surface area contributed by atoms with Crippen LogP contribution < -0.4 is 16.2 Å². The van der Waals surface area contributed by atoms with E-state index >= 15 is 0 Å². The summed E-state index contributed by atoms with van der Waals surface area (Å²) in [6.45, 7) is 5.12. The predicted octanol–water partition coefficient (Wildman–Crippen LogP) is 2.93. The Hall–Kier alpha value is -2.90. The third-order valence-electron chi connectivity index (χ3n) is 5.12. The number of nitrogens with zero attached hydrogens (tertiary/aromatic N) is 2. The molecule has 0 bridgehead atoms. The molecule has 0 saturated heterocycles. The van der Waals surface area contributed by atoms with Gasteiger partial charge in [-0.15, -0.1) is 0 Å². The Morgan fingerprint density at radius 3 is 2.71 bits per heavy atom. The number of amides is 1. The summed E-state index contributed by atoms with van der Waals surface area (Å²) in [4.78, 5) is 29.8. The number of rotatable bonds is 9. The number of hydrogen-bond donors (Lipinski definition) is 2. The van der Waals surface area contributed by atoms with Crippen molar-refractivity contribution >= 4 is 17.5 Å². The fraction of sp³-hybridized carbons (Fsp3) is 0.348. The lowest BCUT2D eigenvalue weighted by molar-refractivity contribution is -0.120. The van der Waals surface area contributed by atoms with Crippen LogP contribution in [0.15, 0.2) is 45.9 Å². The van der Waals surface area contributed by atoms with Gasteiger partial charge in [-0.2, -0.15) is 0 Å². The van der Waals surface area contributed by atoms with Crippen LogP contribution in [0.3, 0.4) is 0 Å². The van der Waals surface area contributed by atoms with Crippen molar-refractivity contribution in [2.24, 2.45) is 0 Å². The molecule has 0 radical (unpaired) electrons. The predicted molar refractivity (Wildman–Crippen MR) is 120 cm³/mol. The summed E-state index contributed by atoms with van der Waals surface area (Å²) >= 11 is 6.11. The Balaban J connectivity index is 1.67. The summed E-state index contributed by atoms with van der Waals surface area (Å²) in [6, 6.07) is 7.48. The van der Waals surface area contributed by atoms with Crippen molar-refractivity contribution in [1.29, 1.82) is 0 Å². The van der Waals surface area contributed by atoms with Gasteiger partial charge in [0.1, 0.15) is 6.26 Å². The molecule has 8 heteroatoms. The van der Waals surface area contributed by atoms with E-state index in [2.05, 4.69) is 15.6 Å². The first-order chi connectivity index (χ1) is 14.9. The monoisotopic (exact) mass is 442 g/mol. The van der Waals surface area contributed by atoms with Crippen LogP contribution in [0.2, 0.25) is 5.02 Å². The number of oxazole rings is 1. The highest BCUT2D eigenvalue weighted by Crippen LogP contribution is 2.16. The summed E-state index contributed by atoms with van der Waals surface area (Å²) < 4.78 is 6.82. The van der Waals surface area contributed by atoms with Gasteiger partial charge in [-0.05, 0) is 48.9 Å². The van der Waals surface area contributed by atoms with E-state index in [9.17, 15) is 9.59 Å². The summed E-state index contributed by atoms with van der Waals surface area (Å²) in [5.41, 5.74) is 3.94. The molecule has 0 unspecified atom stereocenters. The number of aromatic nitrogens is 2. The largest absolute Gasteiger partial charge is 0.449 e. The molecule has 2 heterocycles. The Morgan fingerprint density at radius 2 is 2.00 bits per heavy atom. The van der Waals surface area contributed by atoms with Crippen molar-refractivity contribution < 1.29 is 9.21 Å². The van der Waals surface area contributed by atoms with Crippen molar-refractivity contribution in [2.45, 2.75) is 46.3 Å². The number of carbonyl (C=O) groups is 1. The molecular formula is C23H27ClN4O3. The van der Waals surface area contributed by atoms with Gasteiger partial charge in [-0.25, -0.2) is 4.98 Å². The molecule has 3 rings (SSSR count). The second-order valence-electron chi connectivity index (χ2n) is 7.48. The Morgan fingerprint density at radius 1 is 1.19 bits per heavy atom. The van der Waals surface area contributed by atoms with Crippen molar-refractivity contribution in [3.63, 3.8) is 0 Å². The highest BCUT2D eigenvalue weighted by Gasteiger charge is 2.13. The van der Waals surface area contributed by atoms with E-state index in [1.54, 1.807) is 24.0 Å². The number of pyridine rings is 1. The average Bonchev–Trinajstić information content (AvgIpc) is 3.16. The average molecular weight is 443 g/mol. The van der Waals surface area contributed by atoms with Crippen LogP contribution in [0.4, 0.5) is 0 Å². The van der Waals surface area contributed by atoms with Gasteiger partial charge in [0.15, 0.2) is 5.89 Å². The van der Waals surface area contributed by atoms with Crippen molar-refractivity contribution in [2.75, 3.05) is 7.05 Å². The third kappa shape index (κ3) is 6.06. The number of halogens is 1. The molecule has 7 nitrogen and oxygen atoms in total. The maximum absolute atomic E-state index is 12.9. The summed E-state index contributed by atoms with van der Waals surface area (Å²) in [7, 11) is 1.87. The van der Waals surface area contributed by atoms with Gasteiger partial charge in [0.25, 0.3) is 5.56 Å². The summed E-state index contributed by atoms with van der Waals surface area (Å²) in [5, 5.41) is 6.64. The van der Waals surface area contributed by atoms with Crippen LogP contribution in [-0.2, 0) is 37.3 Å². The van der Waals surface area contributed by atoms with Crippen LogP contribution >= 0.6 is 11.6 Å². The number of nitrogens with one attached hydrogen (secondary N) is 2. The van der Waals surface area contributed by atoms with Crippen LogP contribution in [0.25, 0.3) is 0 Å². The minimum atomic E-state index is -0.208. The maximum atomic E-state index is 12.9. The maximum Gasteiger partial charge on any atom is 0.254 e. The van der Waals surface area contributed by atoms with Crippen LogP contribution in [-0.4, -0.2) is 22.5 Å². The van der Waals surface area contributed by atoms with E-state index in [4.69, 9.17) is 16.0 Å². The van der Waals surface area contributed by atoms with Gasteiger partial charge in [0.2, 0.25) is 5.91 Å². The second-order valence-corrected chi connectivity index (χ2v) is 7.92. The summed E-state index contributed by atoms with van der Waals surface area (Å²) in [6.07, 6.45) is 3.95. The molecule has 0 fully saturated rings. The lowest BCUT2D eigenvalue weighted by Crippen LogP contribution is -2.31. The molecule has 1 aromatic carbocycles. The molecule has 164 valence electrons. The topological polar surface area (TPSA) is 89.2 Å². The van der Waals surface area contributed by atoms with Crippen LogP contribution in [0.5, 0.6) is 0 Å². The quantitative estimate of drug-likeness (QED) is 0.532. The molecule has 0 aliphatic carbocycles. The summed E-state index contributed by atoms with van der Waals surface area (Å²) in [5.74, 6) is 0.390. The SMILES string of the molecule is CNCc1ccc(Cl)cc1CNC(=O)Cc1c(C)ccn(CCc2coc(C)n2)c1=O. The number of benzene rings is 1. The molecule has 0 saturated carbocycles. The van der Waals surface area contributed by atoms with E-state index in [1.165, 1.54) is 0 Å². The van der Waals surface area contributed by atoms with Gasteiger partial charge >= 0.3 is 0 Å². The van der Waals surface area contributed by atoms with E-state index < -0.39 is 0 Å². The zero-order chi connectivity index (χ0) is 22.4. The smallest absolute Gasteiger partial charge is 0.254 e. The number of aryl methyl sites for hydroxylation is 4. The van der Waals surface area contributed by atoms with Gasteiger partial charge in [0, 0.05) is 49.8 Å². The highest BCUT2D eigenvalue weighted by molar-refractivity contribution is 6.30. The second kappa shape index (κ2) is 10.4. The van der Waals surface area contributed by atoms with E-state index in [0.717, 1.165) is 22.4 Å². The normalized spacial score (nSPS) is 11.0.